The number of nitrogens with zero attached hydrogens (tertiary/aromatic N) is 1. The number of ether oxygens (including phenoxy) is 1. The van der Waals surface area contributed by atoms with Gasteiger partial charge in [-0.25, -0.2) is 4.98 Å². The van der Waals surface area contributed by atoms with Crippen molar-refractivity contribution in [1.82, 2.24) is 10.3 Å². The predicted octanol–water partition coefficient (Wildman–Crippen LogP) is 3.80. The summed E-state index contributed by atoms with van der Waals surface area (Å²) < 4.78 is 11.4. The minimum Gasteiger partial charge on any atom is -0.493 e. The summed E-state index contributed by atoms with van der Waals surface area (Å²) in [5, 5.41) is 2.91. The summed E-state index contributed by atoms with van der Waals surface area (Å²) in [6.07, 6.45) is 1.95. The maximum absolute atomic E-state index is 11.8. The molecule has 2 rings (SSSR count). The van der Waals surface area contributed by atoms with E-state index in [0.717, 1.165) is 35.9 Å². The number of hydrogen-bond acceptors (Lipinski definition) is 4. The maximum atomic E-state index is 11.8. The van der Waals surface area contributed by atoms with Crippen molar-refractivity contribution in [2.75, 3.05) is 13.2 Å². The number of para-hydroxylation sites is 1. The monoisotopic (exact) mass is 344 g/mol. The summed E-state index contributed by atoms with van der Waals surface area (Å²) in [5.41, 5.74) is 0.850. The molecule has 5 heteroatoms. The Morgan fingerprint density at radius 2 is 1.96 bits per heavy atom. The molecule has 1 aromatic heterocycles. The van der Waals surface area contributed by atoms with Crippen molar-refractivity contribution in [3.63, 3.8) is 0 Å². The van der Waals surface area contributed by atoms with Gasteiger partial charge >= 0.3 is 0 Å². The number of rotatable bonds is 8. The van der Waals surface area contributed by atoms with Crippen LogP contribution in [-0.4, -0.2) is 24.0 Å². The van der Waals surface area contributed by atoms with Crippen LogP contribution in [0.15, 0.2) is 34.7 Å². The highest BCUT2D eigenvalue weighted by atomic mass is 16.5. The summed E-state index contributed by atoms with van der Waals surface area (Å²) in [6, 6.07) is 9.51. The second-order valence-corrected chi connectivity index (χ2v) is 7.14. The van der Waals surface area contributed by atoms with Gasteiger partial charge in [-0.3, -0.25) is 4.79 Å². The van der Waals surface area contributed by atoms with Gasteiger partial charge in [0.05, 0.1) is 18.7 Å². The van der Waals surface area contributed by atoms with Gasteiger partial charge in [-0.1, -0.05) is 39.0 Å². The standard InChI is InChI=1S/C20H28N2O3/c1-15-17(25-19(22-15)20(2,3)4)11-8-13-21-18(23)12-14-24-16-9-6-5-7-10-16/h5-7,9-10H,8,11-14H2,1-4H3,(H,21,23). The van der Waals surface area contributed by atoms with Crippen molar-refractivity contribution in [2.24, 2.45) is 0 Å². The van der Waals surface area contributed by atoms with Gasteiger partial charge in [-0.05, 0) is 25.5 Å². The van der Waals surface area contributed by atoms with Crippen LogP contribution in [0.3, 0.4) is 0 Å². The molecule has 0 aliphatic heterocycles. The van der Waals surface area contributed by atoms with E-state index in [-0.39, 0.29) is 11.3 Å². The third kappa shape index (κ3) is 6.25. The van der Waals surface area contributed by atoms with E-state index < -0.39 is 0 Å². The van der Waals surface area contributed by atoms with Gasteiger partial charge in [-0.2, -0.15) is 0 Å². The molecule has 136 valence electrons. The largest absolute Gasteiger partial charge is 0.493 e. The molecule has 0 aliphatic carbocycles. The molecule has 0 saturated carbocycles. The minimum atomic E-state index is -0.0873. The Kier molecular flexibility index (Phi) is 6.62. The van der Waals surface area contributed by atoms with Gasteiger partial charge in [0.15, 0.2) is 5.89 Å². The first kappa shape index (κ1) is 19.0. The first-order valence-electron chi connectivity index (χ1n) is 8.77. The van der Waals surface area contributed by atoms with E-state index in [1.165, 1.54) is 0 Å². The Hall–Kier alpha value is -2.30. The Balaban J connectivity index is 1.64. The van der Waals surface area contributed by atoms with Crippen molar-refractivity contribution in [3.05, 3.63) is 47.7 Å². The zero-order valence-corrected chi connectivity index (χ0v) is 15.6. The molecule has 0 spiro atoms. The molecule has 0 radical (unpaired) electrons. The van der Waals surface area contributed by atoms with E-state index in [9.17, 15) is 4.79 Å². The molecule has 1 N–H and O–H groups in total. The average molecular weight is 344 g/mol. The van der Waals surface area contributed by atoms with Crippen molar-refractivity contribution >= 4 is 5.91 Å². The SMILES string of the molecule is Cc1nc(C(C)(C)C)oc1CCCNC(=O)CCOc1ccccc1. The lowest BCUT2D eigenvalue weighted by Crippen LogP contribution is -2.26. The van der Waals surface area contributed by atoms with Crippen molar-refractivity contribution in [2.45, 2.75) is 52.4 Å². The molecule has 2 aromatic rings. The third-order valence-electron chi connectivity index (χ3n) is 3.78. The van der Waals surface area contributed by atoms with E-state index in [1.807, 2.05) is 37.3 Å². The highest BCUT2D eigenvalue weighted by Crippen LogP contribution is 2.24. The summed E-state index contributed by atoms with van der Waals surface area (Å²) >= 11 is 0. The van der Waals surface area contributed by atoms with E-state index in [1.54, 1.807) is 0 Å². The molecule has 1 amide bonds. The zero-order valence-electron chi connectivity index (χ0n) is 15.6. The van der Waals surface area contributed by atoms with Crippen LogP contribution in [0.25, 0.3) is 0 Å². The number of amides is 1. The fourth-order valence-corrected chi connectivity index (χ4v) is 2.32. The number of nitrogens with one attached hydrogen (secondary N) is 1. The van der Waals surface area contributed by atoms with E-state index in [2.05, 4.69) is 31.1 Å². The summed E-state index contributed by atoms with van der Waals surface area (Å²) in [7, 11) is 0. The Labute approximate surface area is 149 Å². The quantitative estimate of drug-likeness (QED) is 0.740. The number of benzene rings is 1. The van der Waals surface area contributed by atoms with Crippen LogP contribution in [0.5, 0.6) is 5.75 Å². The molecule has 0 saturated heterocycles. The van der Waals surface area contributed by atoms with Crippen LogP contribution in [0.4, 0.5) is 0 Å². The average Bonchev–Trinajstić information content (AvgIpc) is 2.94. The second kappa shape index (κ2) is 8.70. The summed E-state index contributed by atoms with van der Waals surface area (Å²) in [4.78, 5) is 16.3. The fourth-order valence-electron chi connectivity index (χ4n) is 2.32. The van der Waals surface area contributed by atoms with E-state index >= 15 is 0 Å². The van der Waals surface area contributed by atoms with Crippen LogP contribution in [-0.2, 0) is 16.6 Å². The molecule has 0 unspecified atom stereocenters. The number of oxazole rings is 1. The topological polar surface area (TPSA) is 64.4 Å². The third-order valence-corrected chi connectivity index (χ3v) is 3.78. The van der Waals surface area contributed by atoms with Crippen LogP contribution in [0.2, 0.25) is 0 Å². The normalized spacial score (nSPS) is 11.4. The molecule has 0 atom stereocenters. The predicted molar refractivity (Wildman–Crippen MR) is 97.8 cm³/mol. The Bertz CT molecular complexity index is 672. The van der Waals surface area contributed by atoms with Crippen LogP contribution in [0.1, 0.15) is 51.0 Å². The van der Waals surface area contributed by atoms with Crippen LogP contribution < -0.4 is 10.1 Å². The minimum absolute atomic E-state index is 0.000559. The lowest BCUT2D eigenvalue weighted by Gasteiger charge is -2.12. The lowest BCUT2D eigenvalue weighted by molar-refractivity contribution is -0.121. The molecule has 1 aromatic carbocycles. The number of aromatic nitrogens is 1. The molecule has 25 heavy (non-hydrogen) atoms. The number of carbonyl (C=O) groups excluding carboxylic acids is 1. The molecule has 0 fully saturated rings. The molecule has 5 nitrogen and oxygen atoms in total. The van der Waals surface area contributed by atoms with Crippen molar-refractivity contribution in [3.8, 4) is 5.75 Å². The van der Waals surface area contributed by atoms with Crippen LogP contribution in [0, 0.1) is 6.92 Å². The highest BCUT2D eigenvalue weighted by molar-refractivity contribution is 5.75. The molecule has 1 heterocycles. The molecular weight excluding hydrogens is 316 g/mol. The van der Waals surface area contributed by atoms with Gasteiger partial charge in [0.2, 0.25) is 5.91 Å². The van der Waals surface area contributed by atoms with Gasteiger partial charge in [0.25, 0.3) is 0 Å². The molecule has 0 aliphatic rings. The van der Waals surface area contributed by atoms with Gasteiger partial charge < -0.3 is 14.5 Å². The maximum Gasteiger partial charge on any atom is 0.223 e. The van der Waals surface area contributed by atoms with Gasteiger partial charge in [0, 0.05) is 18.4 Å². The van der Waals surface area contributed by atoms with Crippen molar-refractivity contribution < 1.29 is 13.9 Å². The first-order valence-corrected chi connectivity index (χ1v) is 8.77. The van der Waals surface area contributed by atoms with Crippen molar-refractivity contribution in [1.29, 1.82) is 0 Å². The van der Waals surface area contributed by atoms with E-state index in [0.29, 0.717) is 19.6 Å². The number of carbonyl (C=O) groups is 1. The number of hydrogen-bond donors (Lipinski definition) is 1. The molecule has 0 bridgehead atoms. The number of aryl methyl sites for hydroxylation is 2. The van der Waals surface area contributed by atoms with Gasteiger partial charge in [0.1, 0.15) is 11.5 Å². The summed E-state index contributed by atoms with van der Waals surface area (Å²) in [6.45, 7) is 9.22. The van der Waals surface area contributed by atoms with Crippen LogP contribution >= 0.6 is 0 Å². The first-order chi connectivity index (χ1) is 11.9. The zero-order chi connectivity index (χ0) is 18.3. The molecular formula is C20H28N2O3. The lowest BCUT2D eigenvalue weighted by atomic mass is 9.97. The smallest absolute Gasteiger partial charge is 0.223 e. The highest BCUT2D eigenvalue weighted by Gasteiger charge is 2.21. The Morgan fingerprint density at radius 3 is 2.60 bits per heavy atom. The van der Waals surface area contributed by atoms with E-state index in [4.69, 9.17) is 9.15 Å². The Morgan fingerprint density at radius 1 is 1.24 bits per heavy atom. The second-order valence-electron chi connectivity index (χ2n) is 7.14. The fraction of sp³-hybridized carbons (Fsp3) is 0.500. The summed E-state index contributed by atoms with van der Waals surface area (Å²) in [5.74, 6) is 2.46. The van der Waals surface area contributed by atoms with Gasteiger partial charge in [-0.15, -0.1) is 0 Å².